The molecule has 1 heterocycles. The van der Waals surface area contributed by atoms with Crippen molar-refractivity contribution in [2.24, 2.45) is 0 Å². The second-order valence-electron chi connectivity index (χ2n) is 3.43. The van der Waals surface area contributed by atoms with Crippen LogP contribution in [0.1, 0.15) is 19.8 Å². The lowest BCUT2D eigenvalue weighted by Gasteiger charge is -2.31. The Hall–Kier alpha value is -1.14. The molecule has 1 saturated heterocycles. The van der Waals surface area contributed by atoms with Crippen molar-refractivity contribution in [3.63, 3.8) is 0 Å². The molecule has 0 aromatic heterocycles. The summed E-state index contributed by atoms with van der Waals surface area (Å²) >= 11 is 0. The van der Waals surface area contributed by atoms with E-state index in [1.54, 1.807) is 0 Å². The average molecular weight is 216 g/mol. The summed E-state index contributed by atoms with van der Waals surface area (Å²) in [6.07, 6.45) is 0.428. The fraction of sp³-hybridized carbons (Fsp3) is 0.778. The molecule has 3 amide bonds. The Bertz CT molecular complexity index is 265. The number of hydrogen-bond donors (Lipinski definition) is 2. The Morgan fingerprint density at radius 1 is 1.33 bits per heavy atom. The minimum absolute atomic E-state index is 0.400. The van der Waals surface area contributed by atoms with Gasteiger partial charge in [-0.2, -0.15) is 0 Å². The van der Waals surface area contributed by atoms with Gasteiger partial charge in [0.1, 0.15) is 0 Å². The van der Waals surface area contributed by atoms with E-state index in [9.17, 15) is 9.59 Å². The van der Waals surface area contributed by atoms with Crippen molar-refractivity contribution >= 4 is 11.9 Å². The molecule has 0 radical (unpaired) electrons. The molecule has 0 spiro atoms. The van der Waals surface area contributed by atoms with Gasteiger partial charge >= 0.3 is 6.03 Å². The third-order valence-electron chi connectivity index (χ3n) is 2.44. The predicted octanol–water partition coefficient (Wildman–Crippen LogP) is -0.0164. The molecule has 1 rings (SSSR count). The third-order valence-corrected chi connectivity index (χ3v) is 2.44. The van der Waals surface area contributed by atoms with Crippen molar-refractivity contribution in [2.75, 3.05) is 14.2 Å². The van der Waals surface area contributed by atoms with Gasteiger partial charge in [-0.1, -0.05) is 13.3 Å². The van der Waals surface area contributed by atoms with E-state index in [0.29, 0.717) is 6.42 Å². The number of carbonyl (C=O) groups is 2. The van der Waals surface area contributed by atoms with E-state index >= 15 is 0 Å². The summed E-state index contributed by atoms with van der Waals surface area (Å²) in [4.78, 5) is 22.8. The molecule has 1 fully saturated rings. The van der Waals surface area contributed by atoms with Crippen LogP contribution in [0.15, 0.2) is 0 Å². The Morgan fingerprint density at radius 3 is 2.27 bits per heavy atom. The molecule has 15 heavy (non-hydrogen) atoms. The minimum Gasteiger partial charge on any atom is -0.353 e. The van der Waals surface area contributed by atoms with Gasteiger partial charge in [-0.25, -0.2) is 4.79 Å². The third kappa shape index (κ3) is 1.95. The maximum absolute atomic E-state index is 11.7. The van der Waals surface area contributed by atoms with Gasteiger partial charge in [-0.15, -0.1) is 0 Å². The van der Waals surface area contributed by atoms with Crippen LogP contribution in [0, 0.1) is 0 Å². The molecular weight excluding hydrogens is 200 g/mol. The predicted molar refractivity (Wildman–Crippen MR) is 52.1 cm³/mol. The van der Waals surface area contributed by atoms with Crippen molar-refractivity contribution in [1.82, 2.24) is 10.6 Å². The van der Waals surface area contributed by atoms with Crippen molar-refractivity contribution in [2.45, 2.75) is 31.6 Å². The van der Waals surface area contributed by atoms with Crippen molar-refractivity contribution in [3.05, 3.63) is 0 Å². The lowest BCUT2D eigenvalue weighted by atomic mass is 9.93. The molecule has 0 aromatic carbocycles. The van der Waals surface area contributed by atoms with E-state index in [1.165, 1.54) is 14.2 Å². The van der Waals surface area contributed by atoms with Crippen molar-refractivity contribution in [3.8, 4) is 0 Å². The number of nitrogens with one attached hydrogen (secondary N) is 2. The maximum atomic E-state index is 11.7. The second kappa shape index (κ2) is 4.59. The molecule has 6 heteroatoms. The molecule has 2 N–H and O–H groups in total. The second-order valence-corrected chi connectivity index (χ2v) is 3.43. The Kier molecular flexibility index (Phi) is 3.65. The lowest BCUT2D eigenvalue weighted by Crippen LogP contribution is -2.57. The Morgan fingerprint density at radius 2 is 1.93 bits per heavy atom. The summed E-state index contributed by atoms with van der Waals surface area (Å²) in [5.41, 5.74) is -1.10. The lowest BCUT2D eigenvalue weighted by molar-refractivity contribution is -0.165. The van der Waals surface area contributed by atoms with E-state index in [2.05, 4.69) is 10.6 Å². The van der Waals surface area contributed by atoms with Crippen LogP contribution in [-0.2, 0) is 14.3 Å². The maximum Gasteiger partial charge on any atom is 0.322 e. The van der Waals surface area contributed by atoms with E-state index in [1.807, 2.05) is 6.92 Å². The summed E-state index contributed by atoms with van der Waals surface area (Å²) in [6.45, 7) is 1.92. The van der Waals surface area contributed by atoms with Gasteiger partial charge < -0.3 is 14.8 Å². The van der Waals surface area contributed by atoms with E-state index in [0.717, 1.165) is 6.42 Å². The zero-order valence-electron chi connectivity index (χ0n) is 9.12. The van der Waals surface area contributed by atoms with Crippen LogP contribution >= 0.6 is 0 Å². The van der Waals surface area contributed by atoms with Crippen molar-refractivity contribution in [1.29, 1.82) is 0 Å². The summed E-state index contributed by atoms with van der Waals surface area (Å²) in [6, 6.07) is -0.507. The zero-order valence-corrected chi connectivity index (χ0v) is 9.12. The monoisotopic (exact) mass is 216 g/mol. The zero-order chi connectivity index (χ0) is 11.5. The first-order valence-corrected chi connectivity index (χ1v) is 4.80. The first-order chi connectivity index (χ1) is 7.10. The van der Waals surface area contributed by atoms with Gasteiger partial charge in [0.25, 0.3) is 5.91 Å². The van der Waals surface area contributed by atoms with Crippen LogP contribution in [0.2, 0.25) is 0 Å². The number of amides is 3. The summed E-state index contributed by atoms with van der Waals surface area (Å²) < 4.78 is 10.1. The highest BCUT2D eigenvalue weighted by molar-refractivity contribution is 6.07. The first kappa shape index (κ1) is 11.9. The summed E-state index contributed by atoms with van der Waals surface area (Å²) in [5, 5.41) is 4.76. The highest BCUT2D eigenvalue weighted by Crippen LogP contribution is 2.24. The summed E-state index contributed by atoms with van der Waals surface area (Å²) in [5.74, 6) is -0.400. The number of rotatable bonds is 5. The van der Waals surface area contributed by atoms with Crippen molar-refractivity contribution < 1.29 is 19.1 Å². The van der Waals surface area contributed by atoms with Crippen LogP contribution < -0.4 is 10.6 Å². The quantitative estimate of drug-likeness (QED) is 0.500. The van der Waals surface area contributed by atoms with Gasteiger partial charge in [-0.05, 0) is 6.42 Å². The van der Waals surface area contributed by atoms with Crippen LogP contribution in [0.3, 0.4) is 0 Å². The van der Waals surface area contributed by atoms with Crippen LogP contribution in [0.5, 0.6) is 0 Å². The number of ether oxygens (including phenoxy) is 2. The van der Waals surface area contributed by atoms with Gasteiger partial charge in [-0.3, -0.25) is 10.1 Å². The molecular formula is C9H16N2O4. The number of hydrogen-bond acceptors (Lipinski definition) is 4. The molecule has 0 aliphatic carbocycles. The fourth-order valence-corrected chi connectivity index (χ4v) is 1.86. The molecule has 1 unspecified atom stereocenters. The topological polar surface area (TPSA) is 76.7 Å². The number of urea groups is 1. The Labute approximate surface area is 88.3 Å². The number of methoxy groups -OCH3 is 2. The van der Waals surface area contributed by atoms with Gasteiger partial charge in [0, 0.05) is 14.2 Å². The smallest absolute Gasteiger partial charge is 0.322 e. The molecule has 0 saturated carbocycles. The molecule has 1 atom stereocenters. The normalized spacial score (nSPS) is 25.6. The molecule has 6 nitrogen and oxygen atoms in total. The molecule has 0 aromatic rings. The molecule has 0 bridgehead atoms. The fourth-order valence-electron chi connectivity index (χ4n) is 1.86. The van der Waals surface area contributed by atoms with Crippen LogP contribution in [0.25, 0.3) is 0 Å². The van der Waals surface area contributed by atoms with Gasteiger partial charge in [0.15, 0.2) is 11.8 Å². The first-order valence-electron chi connectivity index (χ1n) is 4.80. The van der Waals surface area contributed by atoms with Crippen LogP contribution in [-0.4, -0.2) is 38.0 Å². The van der Waals surface area contributed by atoms with E-state index in [-0.39, 0.29) is 0 Å². The number of imide groups is 1. The molecule has 1 aliphatic rings. The van der Waals surface area contributed by atoms with Gasteiger partial charge in [0.05, 0.1) is 0 Å². The van der Waals surface area contributed by atoms with E-state index in [4.69, 9.17) is 9.47 Å². The largest absolute Gasteiger partial charge is 0.353 e. The molecule has 1 aliphatic heterocycles. The average Bonchev–Trinajstić information content (AvgIpc) is 2.45. The number of carbonyl (C=O) groups excluding carboxylic acids is 2. The SMILES string of the molecule is CCCC1(C(OC)OC)NC(=O)NC1=O. The highest BCUT2D eigenvalue weighted by atomic mass is 16.7. The van der Waals surface area contributed by atoms with Gasteiger partial charge in [0.2, 0.25) is 0 Å². The minimum atomic E-state index is -1.10. The van der Waals surface area contributed by atoms with Crippen LogP contribution in [0.4, 0.5) is 4.79 Å². The Balaban J connectivity index is 2.96. The summed E-state index contributed by atoms with van der Waals surface area (Å²) in [7, 11) is 2.87. The highest BCUT2D eigenvalue weighted by Gasteiger charge is 2.52. The standard InChI is InChI=1S/C9H16N2O4/c1-4-5-9(7(14-2)15-3)6(12)10-8(13)11-9/h7H,4-5H2,1-3H3,(H2,10,11,12,13). The van der Waals surface area contributed by atoms with E-state index < -0.39 is 23.8 Å². The molecule has 86 valence electrons.